The molecule has 15 heavy (non-hydrogen) atoms. The molecular weight excluding hydrogens is 254 g/mol. The highest BCUT2D eigenvalue weighted by molar-refractivity contribution is 8.00. The minimum atomic E-state index is -3.18. The van der Waals surface area contributed by atoms with Crippen molar-refractivity contribution in [2.24, 2.45) is 5.92 Å². The van der Waals surface area contributed by atoms with Crippen LogP contribution in [-0.4, -0.2) is 37.6 Å². The Balaban J connectivity index is 4.17. The Kier molecular flexibility index (Phi) is 6.56. The number of alkyl halides is 1. The lowest BCUT2D eigenvalue weighted by Gasteiger charge is -2.22. The molecule has 0 saturated heterocycles. The van der Waals surface area contributed by atoms with E-state index in [2.05, 4.69) is 4.72 Å². The van der Waals surface area contributed by atoms with Gasteiger partial charge in [-0.2, -0.15) is 11.8 Å². The Morgan fingerprint density at radius 3 is 2.40 bits per heavy atom. The molecule has 0 spiro atoms. The standard InChI is InChI=1S/C9H20ClNO2S2/c1-8(5-10)6-15(12,13)11-7-9(2,3)14-4/h8,11H,5-7H2,1-4H3. The van der Waals surface area contributed by atoms with E-state index < -0.39 is 10.0 Å². The van der Waals surface area contributed by atoms with Gasteiger partial charge in [0.25, 0.3) is 0 Å². The molecular formula is C9H20ClNO2S2. The zero-order chi connectivity index (χ0) is 12.1. The Bertz CT molecular complexity index is 278. The van der Waals surface area contributed by atoms with Gasteiger partial charge in [0.15, 0.2) is 0 Å². The maximum Gasteiger partial charge on any atom is 0.211 e. The fourth-order valence-electron chi connectivity index (χ4n) is 0.834. The van der Waals surface area contributed by atoms with Gasteiger partial charge in [0, 0.05) is 17.2 Å². The predicted octanol–water partition coefficient (Wildman–Crippen LogP) is 1.92. The molecule has 1 unspecified atom stereocenters. The van der Waals surface area contributed by atoms with Crippen molar-refractivity contribution >= 4 is 33.4 Å². The molecule has 0 aliphatic heterocycles. The van der Waals surface area contributed by atoms with Crippen molar-refractivity contribution in [1.82, 2.24) is 4.72 Å². The van der Waals surface area contributed by atoms with Crippen molar-refractivity contribution in [3.8, 4) is 0 Å². The highest BCUT2D eigenvalue weighted by Crippen LogP contribution is 2.20. The zero-order valence-corrected chi connectivity index (χ0v) is 12.1. The normalized spacial score (nSPS) is 15.3. The first kappa shape index (κ1) is 15.6. The molecule has 0 radical (unpaired) electrons. The summed E-state index contributed by atoms with van der Waals surface area (Å²) in [6, 6.07) is 0. The molecule has 0 fully saturated rings. The van der Waals surface area contributed by atoms with Crippen LogP contribution in [0.2, 0.25) is 0 Å². The van der Waals surface area contributed by atoms with Gasteiger partial charge >= 0.3 is 0 Å². The Morgan fingerprint density at radius 2 is 2.00 bits per heavy atom. The average molecular weight is 274 g/mol. The van der Waals surface area contributed by atoms with Gasteiger partial charge in [-0.05, 0) is 26.0 Å². The SMILES string of the molecule is CSC(C)(C)CNS(=O)(=O)CC(C)CCl. The number of halogens is 1. The van der Waals surface area contributed by atoms with Crippen molar-refractivity contribution in [1.29, 1.82) is 0 Å². The Morgan fingerprint density at radius 1 is 1.47 bits per heavy atom. The predicted molar refractivity (Wildman–Crippen MR) is 69.3 cm³/mol. The summed E-state index contributed by atoms with van der Waals surface area (Å²) in [5.41, 5.74) is 0. The second-order valence-electron chi connectivity index (χ2n) is 4.33. The van der Waals surface area contributed by atoms with Crippen molar-refractivity contribution < 1.29 is 8.42 Å². The fraction of sp³-hybridized carbons (Fsp3) is 1.00. The summed E-state index contributed by atoms with van der Waals surface area (Å²) in [4.78, 5) is 0. The van der Waals surface area contributed by atoms with Crippen LogP contribution in [0.4, 0.5) is 0 Å². The molecule has 0 aromatic rings. The maximum atomic E-state index is 11.6. The first-order valence-electron chi connectivity index (χ1n) is 4.81. The molecule has 6 heteroatoms. The molecule has 0 amide bonds. The van der Waals surface area contributed by atoms with Gasteiger partial charge in [0.1, 0.15) is 0 Å². The lowest BCUT2D eigenvalue weighted by molar-refractivity contribution is 0.559. The monoisotopic (exact) mass is 273 g/mol. The molecule has 0 heterocycles. The molecule has 0 aliphatic rings. The summed E-state index contributed by atoms with van der Waals surface area (Å²) in [5, 5.41) is 0. The molecule has 0 aliphatic carbocycles. The van der Waals surface area contributed by atoms with Crippen molar-refractivity contribution in [3.05, 3.63) is 0 Å². The number of rotatable bonds is 7. The first-order chi connectivity index (χ1) is 6.72. The molecule has 0 rings (SSSR count). The third-order valence-corrected chi connectivity index (χ3v) is 5.41. The summed E-state index contributed by atoms with van der Waals surface area (Å²) >= 11 is 7.22. The summed E-state index contributed by atoms with van der Waals surface area (Å²) < 4.78 is 25.7. The molecule has 0 aromatic carbocycles. The van der Waals surface area contributed by atoms with Crippen molar-refractivity contribution in [2.75, 3.05) is 24.4 Å². The summed E-state index contributed by atoms with van der Waals surface area (Å²) in [7, 11) is -3.18. The molecule has 0 aromatic heterocycles. The highest BCUT2D eigenvalue weighted by atomic mass is 35.5. The van der Waals surface area contributed by atoms with E-state index in [1.807, 2.05) is 27.0 Å². The molecule has 3 nitrogen and oxygen atoms in total. The largest absolute Gasteiger partial charge is 0.214 e. The third kappa shape index (κ3) is 7.44. The van der Waals surface area contributed by atoms with E-state index in [9.17, 15) is 8.42 Å². The van der Waals surface area contributed by atoms with Crippen molar-refractivity contribution in [2.45, 2.75) is 25.5 Å². The van der Waals surface area contributed by atoms with Crippen LogP contribution >= 0.6 is 23.4 Å². The van der Waals surface area contributed by atoms with Crippen LogP contribution in [0.25, 0.3) is 0 Å². The van der Waals surface area contributed by atoms with Crippen LogP contribution in [0.3, 0.4) is 0 Å². The molecule has 1 N–H and O–H groups in total. The van der Waals surface area contributed by atoms with Gasteiger partial charge in [-0.3, -0.25) is 0 Å². The number of hydrogen-bond donors (Lipinski definition) is 1. The average Bonchev–Trinajstić information content (AvgIpc) is 2.14. The van der Waals surface area contributed by atoms with E-state index >= 15 is 0 Å². The van der Waals surface area contributed by atoms with Gasteiger partial charge in [-0.15, -0.1) is 11.6 Å². The second-order valence-corrected chi connectivity index (χ2v) is 8.00. The highest BCUT2D eigenvalue weighted by Gasteiger charge is 2.21. The second kappa shape index (κ2) is 6.33. The number of nitrogens with one attached hydrogen (secondary N) is 1. The number of thioether (sulfide) groups is 1. The summed E-state index contributed by atoms with van der Waals surface area (Å²) in [6.45, 7) is 6.29. The lowest BCUT2D eigenvalue weighted by Crippen LogP contribution is -2.38. The van der Waals surface area contributed by atoms with Crippen LogP contribution < -0.4 is 4.72 Å². The maximum absolute atomic E-state index is 11.6. The smallest absolute Gasteiger partial charge is 0.211 e. The van der Waals surface area contributed by atoms with E-state index in [-0.39, 0.29) is 16.4 Å². The fourth-order valence-corrected chi connectivity index (χ4v) is 2.95. The quantitative estimate of drug-likeness (QED) is 0.721. The van der Waals surface area contributed by atoms with Crippen molar-refractivity contribution in [3.63, 3.8) is 0 Å². The van der Waals surface area contributed by atoms with E-state index in [0.29, 0.717) is 12.4 Å². The van der Waals surface area contributed by atoms with Crippen LogP contribution in [0, 0.1) is 5.92 Å². The minimum absolute atomic E-state index is 0.0124. The number of sulfonamides is 1. The van der Waals surface area contributed by atoms with Gasteiger partial charge < -0.3 is 0 Å². The summed E-state index contributed by atoms with van der Waals surface area (Å²) in [6.07, 6.45) is 1.97. The van der Waals surface area contributed by atoms with Gasteiger partial charge in [0.2, 0.25) is 10.0 Å². The first-order valence-corrected chi connectivity index (χ1v) is 8.22. The van der Waals surface area contributed by atoms with Gasteiger partial charge in [-0.1, -0.05) is 6.92 Å². The van der Waals surface area contributed by atoms with E-state index in [4.69, 9.17) is 11.6 Å². The number of hydrogen-bond acceptors (Lipinski definition) is 3. The minimum Gasteiger partial charge on any atom is -0.214 e. The molecule has 1 atom stereocenters. The molecule has 92 valence electrons. The van der Waals surface area contributed by atoms with Crippen LogP contribution in [0.5, 0.6) is 0 Å². The molecule has 0 saturated carbocycles. The van der Waals surface area contributed by atoms with Crippen LogP contribution in [-0.2, 0) is 10.0 Å². The van der Waals surface area contributed by atoms with Crippen LogP contribution in [0.15, 0.2) is 0 Å². The molecule has 0 bridgehead atoms. The van der Waals surface area contributed by atoms with E-state index in [0.717, 1.165) is 0 Å². The Hall–Kier alpha value is 0.550. The third-order valence-electron chi connectivity index (χ3n) is 2.04. The zero-order valence-electron chi connectivity index (χ0n) is 9.71. The van der Waals surface area contributed by atoms with Gasteiger partial charge in [-0.25, -0.2) is 13.1 Å². The van der Waals surface area contributed by atoms with E-state index in [1.54, 1.807) is 11.8 Å². The van der Waals surface area contributed by atoms with Gasteiger partial charge in [0.05, 0.1) is 5.75 Å². The summed E-state index contributed by atoms with van der Waals surface area (Å²) in [5.74, 6) is 0.454. The Labute approximate surface area is 102 Å². The van der Waals surface area contributed by atoms with E-state index in [1.165, 1.54) is 0 Å². The topological polar surface area (TPSA) is 46.2 Å². The lowest BCUT2D eigenvalue weighted by atomic mass is 10.2. The van der Waals surface area contributed by atoms with Crippen LogP contribution in [0.1, 0.15) is 20.8 Å².